The van der Waals surface area contributed by atoms with Gasteiger partial charge in [-0.2, -0.15) is 5.10 Å². The molecule has 4 atom stereocenters. The molecule has 124 valence electrons. The highest BCUT2D eigenvalue weighted by Crippen LogP contribution is 2.47. The Balaban J connectivity index is 1.39. The van der Waals surface area contributed by atoms with Crippen molar-refractivity contribution in [2.24, 2.45) is 13.0 Å². The van der Waals surface area contributed by atoms with Crippen LogP contribution in [0.25, 0.3) is 0 Å². The molecule has 5 nitrogen and oxygen atoms in total. The minimum atomic E-state index is 0.0790. The predicted molar refractivity (Wildman–Crippen MR) is 87.0 cm³/mol. The number of nitrogens with zero attached hydrogens (tertiary/aromatic N) is 2. The Labute approximate surface area is 137 Å². The van der Waals surface area contributed by atoms with Crippen molar-refractivity contribution >= 4 is 0 Å². The van der Waals surface area contributed by atoms with Crippen molar-refractivity contribution in [1.29, 1.82) is 0 Å². The highest BCUT2D eigenvalue weighted by atomic mass is 16.5. The van der Waals surface area contributed by atoms with Crippen LogP contribution in [0.3, 0.4) is 0 Å². The van der Waals surface area contributed by atoms with Crippen LogP contribution in [0.2, 0.25) is 0 Å². The van der Waals surface area contributed by atoms with E-state index in [0.717, 1.165) is 49.0 Å². The van der Waals surface area contributed by atoms with Crippen LogP contribution in [0.4, 0.5) is 0 Å². The van der Waals surface area contributed by atoms with Crippen molar-refractivity contribution in [2.75, 3.05) is 6.61 Å². The van der Waals surface area contributed by atoms with Crippen LogP contribution in [-0.4, -0.2) is 22.4 Å². The Morgan fingerprint density at radius 2 is 2.26 bits per heavy atom. The summed E-state index contributed by atoms with van der Waals surface area (Å²) in [7, 11) is 1.94. The van der Waals surface area contributed by atoms with Gasteiger partial charge in [-0.05, 0) is 37.3 Å². The van der Waals surface area contributed by atoms with E-state index in [1.165, 1.54) is 6.42 Å². The minimum absolute atomic E-state index is 0.0790. The molecule has 0 aromatic carbocycles. The van der Waals surface area contributed by atoms with Crippen molar-refractivity contribution in [1.82, 2.24) is 15.1 Å². The largest absolute Gasteiger partial charge is 0.464 e. The predicted octanol–water partition coefficient (Wildman–Crippen LogP) is 3.15. The van der Waals surface area contributed by atoms with Gasteiger partial charge in [-0.25, -0.2) is 0 Å². The third kappa shape index (κ3) is 3.21. The first kappa shape index (κ1) is 15.0. The number of aryl methyl sites for hydroxylation is 1. The molecule has 2 aliphatic rings. The quantitative estimate of drug-likeness (QED) is 0.921. The topological polar surface area (TPSA) is 52.2 Å². The number of nitrogens with one attached hydrogen (secondary N) is 1. The van der Waals surface area contributed by atoms with Crippen LogP contribution in [0, 0.1) is 5.92 Å². The lowest BCUT2D eigenvalue weighted by molar-refractivity contribution is -0.0116. The highest BCUT2D eigenvalue weighted by Gasteiger charge is 2.36. The molecule has 4 rings (SSSR count). The molecule has 0 radical (unpaired) electrons. The van der Waals surface area contributed by atoms with E-state index in [1.807, 2.05) is 24.1 Å². The van der Waals surface area contributed by atoms with Crippen LogP contribution in [0.5, 0.6) is 0 Å². The summed E-state index contributed by atoms with van der Waals surface area (Å²) in [5.74, 6) is 3.60. The van der Waals surface area contributed by atoms with E-state index in [2.05, 4.69) is 29.5 Å². The third-order valence-corrected chi connectivity index (χ3v) is 5.07. The van der Waals surface area contributed by atoms with Crippen molar-refractivity contribution in [3.05, 3.63) is 41.6 Å². The lowest BCUT2D eigenvalue weighted by atomic mass is 9.98. The van der Waals surface area contributed by atoms with Gasteiger partial charge >= 0.3 is 0 Å². The maximum atomic E-state index is 6.00. The molecule has 0 spiro atoms. The fourth-order valence-corrected chi connectivity index (χ4v) is 3.54. The molecule has 0 unspecified atom stereocenters. The van der Waals surface area contributed by atoms with Gasteiger partial charge in [0.25, 0.3) is 0 Å². The van der Waals surface area contributed by atoms with E-state index >= 15 is 0 Å². The number of aromatic nitrogens is 2. The summed E-state index contributed by atoms with van der Waals surface area (Å²) in [4.78, 5) is 0. The monoisotopic (exact) mass is 315 g/mol. The fourth-order valence-electron chi connectivity index (χ4n) is 3.54. The molecule has 2 aromatic heterocycles. The zero-order chi connectivity index (χ0) is 15.8. The Morgan fingerprint density at radius 1 is 1.39 bits per heavy atom. The average Bonchev–Trinajstić information content (AvgIpc) is 2.96. The van der Waals surface area contributed by atoms with Gasteiger partial charge in [-0.1, -0.05) is 6.92 Å². The maximum absolute atomic E-state index is 6.00. The highest BCUT2D eigenvalue weighted by molar-refractivity contribution is 5.18. The van der Waals surface area contributed by atoms with E-state index < -0.39 is 0 Å². The van der Waals surface area contributed by atoms with Gasteiger partial charge in [-0.15, -0.1) is 0 Å². The number of hydrogen-bond acceptors (Lipinski definition) is 4. The lowest BCUT2D eigenvalue weighted by Gasteiger charge is -2.31. The van der Waals surface area contributed by atoms with Crippen molar-refractivity contribution in [2.45, 2.75) is 50.8 Å². The third-order valence-electron chi connectivity index (χ3n) is 5.07. The summed E-state index contributed by atoms with van der Waals surface area (Å²) < 4.78 is 13.8. The molecule has 5 heteroatoms. The second kappa shape index (κ2) is 6.13. The molecule has 2 aromatic rings. The zero-order valence-corrected chi connectivity index (χ0v) is 13.9. The Kier molecular flexibility index (Phi) is 3.99. The van der Waals surface area contributed by atoms with Gasteiger partial charge in [0.15, 0.2) is 0 Å². The summed E-state index contributed by atoms with van der Waals surface area (Å²) in [6.45, 7) is 3.86. The van der Waals surface area contributed by atoms with Gasteiger partial charge in [0.1, 0.15) is 17.6 Å². The molecule has 2 fully saturated rings. The van der Waals surface area contributed by atoms with E-state index in [4.69, 9.17) is 9.15 Å². The van der Waals surface area contributed by atoms with Gasteiger partial charge < -0.3 is 14.5 Å². The molecule has 1 saturated carbocycles. The summed E-state index contributed by atoms with van der Waals surface area (Å²) in [6, 6.07) is 4.55. The van der Waals surface area contributed by atoms with E-state index in [1.54, 1.807) is 0 Å². The van der Waals surface area contributed by atoms with E-state index in [9.17, 15) is 0 Å². The second-order valence-electron chi connectivity index (χ2n) is 6.99. The van der Waals surface area contributed by atoms with Crippen molar-refractivity contribution < 1.29 is 9.15 Å². The lowest BCUT2D eigenvalue weighted by Crippen LogP contribution is -2.38. The van der Waals surface area contributed by atoms with E-state index in [0.29, 0.717) is 12.0 Å². The summed E-state index contributed by atoms with van der Waals surface area (Å²) in [6.07, 6.45) is 7.51. The molecule has 23 heavy (non-hydrogen) atoms. The number of rotatable bonds is 5. The summed E-state index contributed by atoms with van der Waals surface area (Å²) in [5.41, 5.74) is 1.15. The SMILES string of the molecule is C[C@H]1C[C@@H]1c1ccc(CN[C@H]2CCCO[C@@H]2c2cnn(C)c2)o1. The molecule has 0 bridgehead atoms. The molecule has 1 saturated heterocycles. The Bertz CT molecular complexity index is 663. The molecule has 3 heterocycles. The van der Waals surface area contributed by atoms with Crippen LogP contribution < -0.4 is 5.32 Å². The Morgan fingerprint density at radius 3 is 3.00 bits per heavy atom. The summed E-state index contributed by atoms with van der Waals surface area (Å²) in [5, 5.41) is 7.90. The molecule has 1 aliphatic heterocycles. The van der Waals surface area contributed by atoms with Crippen LogP contribution in [0.15, 0.2) is 28.9 Å². The first-order valence-electron chi connectivity index (χ1n) is 8.63. The van der Waals surface area contributed by atoms with Gasteiger partial charge in [0.2, 0.25) is 0 Å². The van der Waals surface area contributed by atoms with Crippen LogP contribution in [0.1, 0.15) is 55.3 Å². The molecular weight excluding hydrogens is 290 g/mol. The number of ether oxygens (including phenoxy) is 1. The molecule has 1 N–H and O–H groups in total. The number of hydrogen-bond donors (Lipinski definition) is 1. The van der Waals surface area contributed by atoms with Crippen LogP contribution in [-0.2, 0) is 18.3 Å². The maximum Gasteiger partial charge on any atom is 0.117 e. The molecular formula is C18H25N3O2. The standard InChI is InChI=1S/C18H25N3O2/c1-12-8-15(12)17-6-5-14(23-17)10-19-16-4-3-7-22-18(16)13-9-20-21(2)11-13/h5-6,9,11-12,15-16,18-19H,3-4,7-8,10H2,1-2H3/t12-,15-,16-,18+/m0/s1. The van der Waals surface area contributed by atoms with Gasteiger partial charge in [-0.3, -0.25) is 4.68 Å². The minimum Gasteiger partial charge on any atom is -0.464 e. The zero-order valence-electron chi connectivity index (χ0n) is 13.9. The first-order valence-corrected chi connectivity index (χ1v) is 8.63. The van der Waals surface area contributed by atoms with Crippen molar-refractivity contribution in [3.8, 4) is 0 Å². The first-order chi connectivity index (χ1) is 11.2. The normalized spacial score (nSPS) is 30.5. The van der Waals surface area contributed by atoms with Crippen LogP contribution >= 0.6 is 0 Å². The summed E-state index contributed by atoms with van der Waals surface area (Å²) >= 11 is 0. The fraction of sp³-hybridized carbons (Fsp3) is 0.611. The average molecular weight is 315 g/mol. The second-order valence-corrected chi connectivity index (χ2v) is 6.99. The van der Waals surface area contributed by atoms with E-state index in [-0.39, 0.29) is 6.10 Å². The van der Waals surface area contributed by atoms with Gasteiger partial charge in [0, 0.05) is 37.4 Å². The molecule has 0 amide bonds. The Hall–Kier alpha value is -1.59. The molecule has 1 aliphatic carbocycles. The van der Waals surface area contributed by atoms with Gasteiger partial charge in [0.05, 0.1) is 12.7 Å². The smallest absolute Gasteiger partial charge is 0.117 e. The number of furan rings is 1. The van der Waals surface area contributed by atoms with Crippen molar-refractivity contribution in [3.63, 3.8) is 0 Å².